The molecule has 0 aromatic heterocycles. The Hall–Kier alpha value is -2.04. The summed E-state index contributed by atoms with van der Waals surface area (Å²) in [5, 5.41) is 11.6. The number of carbonyl (C=O) groups is 2. The van der Waals surface area contributed by atoms with Crippen LogP contribution < -0.4 is 5.32 Å². The number of carbonyl (C=O) groups excluding carboxylic acids is 1. The van der Waals surface area contributed by atoms with Crippen molar-refractivity contribution in [3.8, 4) is 0 Å². The Labute approximate surface area is 106 Å². The van der Waals surface area contributed by atoms with Gasteiger partial charge in [0.2, 0.25) is 0 Å². The van der Waals surface area contributed by atoms with E-state index in [-0.39, 0.29) is 12.4 Å². The summed E-state index contributed by atoms with van der Waals surface area (Å²) in [4.78, 5) is 21.5. The quantitative estimate of drug-likeness (QED) is 0.573. The predicted octanol–water partition coefficient (Wildman–Crippen LogP) is 2.14. The molecule has 1 aromatic carbocycles. The van der Waals surface area contributed by atoms with Crippen molar-refractivity contribution in [1.82, 2.24) is 0 Å². The maximum Gasteiger partial charge on any atom is 0.337 e. The summed E-state index contributed by atoms with van der Waals surface area (Å²) in [6.07, 6.45) is 1.65. The summed E-state index contributed by atoms with van der Waals surface area (Å²) in [7, 11) is 1.34. The van der Waals surface area contributed by atoms with Crippen molar-refractivity contribution in [3.63, 3.8) is 0 Å². The Morgan fingerprint density at radius 2 is 1.89 bits per heavy atom. The van der Waals surface area contributed by atoms with Crippen molar-refractivity contribution in [1.29, 1.82) is 0 Å². The molecular formula is C13H17NO4. The molecular weight excluding hydrogens is 234 g/mol. The number of unbranched alkanes of at least 4 members (excludes halogenated alkanes) is 1. The highest BCUT2D eigenvalue weighted by atomic mass is 16.5. The fraction of sp³-hybridized carbons (Fsp3) is 0.385. The van der Waals surface area contributed by atoms with Crippen molar-refractivity contribution < 1.29 is 19.4 Å². The van der Waals surface area contributed by atoms with Crippen molar-refractivity contribution >= 4 is 17.6 Å². The topological polar surface area (TPSA) is 75.6 Å². The number of methoxy groups -OCH3 is 1. The fourth-order valence-corrected chi connectivity index (χ4v) is 1.48. The van der Waals surface area contributed by atoms with E-state index in [0.717, 1.165) is 12.1 Å². The lowest BCUT2D eigenvalue weighted by Crippen LogP contribution is -2.04. The van der Waals surface area contributed by atoms with Gasteiger partial charge < -0.3 is 15.2 Å². The molecule has 0 aliphatic rings. The van der Waals surface area contributed by atoms with Gasteiger partial charge in [-0.25, -0.2) is 4.79 Å². The summed E-state index contributed by atoms with van der Waals surface area (Å²) in [6.45, 7) is 0.713. The van der Waals surface area contributed by atoms with E-state index in [1.54, 1.807) is 24.3 Å². The SMILES string of the molecule is COC(=O)c1ccc(NCCCCC(=O)O)cc1. The Kier molecular flexibility index (Phi) is 5.70. The van der Waals surface area contributed by atoms with E-state index in [4.69, 9.17) is 5.11 Å². The maximum atomic E-state index is 11.2. The molecule has 5 heteroatoms. The van der Waals surface area contributed by atoms with Gasteiger partial charge in [0.15, 0.2) is 0 Å². The zero-order valence-corrected chi connectivity index (χ0v) is 10.3. The largest absolute Gasteiger partial charge is 0.481 e. The lowest BCUT2D eigenvalue weighted by Gasteiger charge is -2.06. The molecule has 0 saturated carbocycles. The number of nitrogens with one attached hydrogen (secondary N) is 1. The first-order valence-electron chi connectivity index (χ1n) is 5.77. The number of esters is 1. The number of ether oxygens (including phenoxy) is 1. The zero-order chi connectivity index (χ0) is 13.4. The van der Waals surface area contributed by atoms with Crippen molar-refractivity contribution in [2.75, 3.05) is 19.0 Å². The number of hydrogen-bond acceptors (Lipinski definition) is 4. The molecule has 0 atom stereocenters. The van der Waals surface area contributed by atoms with Crippen LogP contribution in [0.2, 0.25) is 0 Å². The standard InChI is InChI=1S/C13H17NO4/c1-18-13(17)10-5-7-11(8-6-10)14-9-3-2-4-12(15)16/h5-8,14H,2-4,9H2,1H3,(H,15,16). The third-order valence-corrected chi connectivity index (χ3v) is 2.45. The normalized spacial score (nSPS) is 9.83. The van der Waals surface area contributed by atoms with E-state index < -0.39 is 5.97 Å². The van der Waals surface area contributed by atoms with Gasteiger partial charge >= 0.3 is 11.9 Å². The fourth-order valence-electron chi connectivity index (χ4n) is 1.48. The van der Waals surface area contributed by atoms with E-state index in [1.165, 1.54) is 7.11 Å². The summed E-state index contributed by atoms with van der Waals surface area (Å²) >= 11 is 0. The van der Waals surface area contributed by atoms with Crippen molar-refractivity contribution in [2.45, 2.75) is 19.3 Å². The molecule has 0 bridgehead atoms. The van der Waals surface area contributed by atoms with Gasteiger partial charge in [0.1, 0.15) is 0 Å². The summed E-state index contributed by atoms with van der Waals surface area (Å²) in [5.74, 6) is -1.12. The average molecular weight is 251 g/mol. The van der Waals surface area contributed by atoms with Crippen molar-refractivity contribution in [2.24, 2.45) is 0 Å². The van der Waals surface area contributed by atoms with Crippen LogP contribution in [0.5, 0.6) is 0 Å². The van der Waals surface area contributed by atoms with E-state index in [2.05, 4.69) is 10.1 Å². The summed E-state index contributed by atoms with van der Waals surface area (Å²) < 4.78 is 4.60. The average Bonchev–Trinajstić information content (AvgIpc) is 2.38. The molecule has 0 radical (unpaired) electrons. The van der Waals surface area contributed by atoms with Crippen LogP contribution in [0.1, 0.15) is 29.6 Å². The first-order valence-corrected chi connectivity index (χ1v) is 5.77. The summed E-state index contributed by atoms with van der Waals surface area (Å²) in [6, 6.07) is 6.96. The molecule has 0 fully saturated rings. The molecule has 0 heterocycles. The van der Waals surface area contributed by atoms with Gasteiger partial charge in [0, 0.05) is 18.7 Å². The molecule has 1 aromatic rings. The van der Waals surface area contributed by atoms with Gasteiger partial charge in [-0.15, -0.1) is 0 Å². The Morgan fingerprint density at radius 3 is 2.44 bits per heavy atom. The molecule has 0 saturated heterocycles. The predicted molar refractivity (Wildman–Crippen MR) is 67.8 cm³/mol. The van der Waals surface area contributed by atoms with Crippen LogP contribution in [0.3, 0.4) is 0 Å². The number of carboxylic acids is 1. The molecule has 1 rings (SSSR count). The molecule has 0 amide bonds. The van der Waals surface area contributed by atoms with Gasteiger partial charge in [-0.3, -0.25) is 4.79 Å². The number of benzene rings is 1. The first-order chi connectivity index (χ1) is 8.63. The number of anilines is 1. The third kappa shape index (κ3) is 4.86. The third-order valence-electron chi connectivity index (χ3n) is 2.45. The maximum absolute atomic E-state index is 11.2. The second-order valence-electron chi connectivity index (χ2n) is 3.85. The van der Waals surface area contributed by atoms with Crippen LogP contribution in [0, 0.1) is 0 Å². The molecule has 2 N–H and O–H groups in total. The van der Waals surface area contributed by atoms with E-state index in [0.29, 0.717) is 18.5 Å². The van der Waals surface area contributed by atoms with Crippen LogP contribution in [0.25, 0.3) is 0 Å². The Morgan fingerprint density at radius 1 is 1.22 bits per heavy atom. The van der Waals surface area contributed by atoms with Gasteiger partial charge in [0.25, 0.3) is 0 Å². The number of hydrogen-bond donors (Lipinski definition) is 2. The molecule has 0 spiro atoms. The van der Waals surface area contributed by atoms with E-state index in [1.807, 2.05) is 0 Å². The summed E-state index contributed by atoms with van der Waals surface area (Å²) in [5.41, 5.74) is 1.41. The Bertz CT molecular complexity index is 400. The molecule has 0 aliphatic heterocycles. The van der Waals surface area contributed by atoms with E-state index >= 15 is 0 Å². The highest BCUT2D eigenvalue weighted by molar-refractivity contribution is 5.89. The van der Waals surface area contributed by atoms with E-state index in [9.17, 15) is 9.59 Å². The lowest BCUT2D eigenvalue weighted by atomic mass is 10.2. The highest BCUT2D eigenvalue weighted by Gasteiger charge is 2.03. The number of rotatable bonds is 7. The lowest BCUT2D eigenvalue weighted by molar-refractivity contribution is -0.137. The highest BCUT2D eigenvalue weighted by Crippen LogP contribution is 2.10. The zero-order valence-electron chi connectivity index (χ0n) is 10.3. The molecule has 0 unspecified atom stereocenters. The monoisotopic (exact) mass is 251 g/mol. The minimum atomic E-state index is -0.766. The molecule has 18 heavy (non-hydrogen) atoms. The van der Waals surface area contributed by atoms with Gasteiger partial charge in [0.05, 0.1) is 12.7 Å². The molecule has 98 valence electrons. The van der Waals surface area contributed by atoms with Crippen LogP contribution in [0.15, 0.2) is 24.3 Å². The smallest absolute Gasteiger partial charge is 0.337 e. The number of aliphatic carboxylic acids is 1. The van der Waals surface area contributed by atoms with Crippen LogP contribution in [-0.2, 0) is 9.53 Å². The number of carboxylic acid groups (broad SMARTS) is 1. The van der Waals surface area contributed by atoms with Gasteiger partial charge in [-0.1, -0.05) is 0 Å². The Balaban J connectivity index is 2.31. The van der Waals surface area contributed by atoms with Gasteiger partial charge in [-0.2, -0.15) is 0 Å². The minimum absolute atomic E-state index is 0.197. The van der Waals surface area contributed by atoms with Crippen molar-refractivity contribution in [3.05, 3.63) is 29.8 Å². The van der Waals surface area contributed by atoms with Crippen LogP contribution in [-0.4, -0.2) is 30.7 Å². The van der Waals surface area contributed by atoms with Crippen LogP contribution in [0.4, 0.5) is 5.69 Å². The second-order valence-corrected chi connectivity index (χ2v) is 3.85. The molecule has 0 aliphatic carbocycles. The first kappa shape index (κ1) is 14.0. The van der Waals surface area contributed by atoms with Gasteiger partial charge in [-0.05, 0) is 37.1 Å². The second kappa shape index (κ2) is 7.32. The van der Waals surface area contributed by atoms with Crippen LogP contribution >= 0.6 is 0 Å². The minimum Gasteiger partial charge on any atom is -0.481 e. The molecule has 5 nitrogen and oxygen atoms in total.